The SMILES string of the molecule is Cc1cc(-n2c(=O)cc(F)n3cncc23)ccc1Br.FCF. The summed E-state index contributed by atoms with van der Waals surface area (Å²) in [6.45, 7) is 0.176. The Labute approximate surface area is 132 Å². The Kier molecular flexibility index (Phi) is 5.02. The Balaban J connectivity index is 0.000000545. The largest absolute Gasteiger partial charge is 0.269 e. The van der Waals surface area contributed by atoms with Gasteiger partial charge in [0.05, 0.1) is 18.0 Å². The van der Waals surface area contributed by atoms with E-state index in [1.54, 1.807) is 6.07 Å². The lowest BCUT2D eigenvalue weighted by Gasteiger charge is -2.10. The van der Waals surface area contributed by atoms with E-state index in [1.807, 2.05) is 19.1 Å². The quantitative estimate of drug-likeness (QED) is 0.611. The average molecular weight is 374 g/mol. The van der Waals surface area contributed by atoms with Crippen LogP contribution in [-0.4, -0.2) is 20.9 Å². The fourth-order valence-electron chi connectivity index (χ4n) is 1.99. The van der Waals surface area contributed by atoms with Crippen LogP contribution < -0.4 is 5.56 Å². The lowest BCUT2D eigenvalue weighted by Crippen LogP contribution is -2.21. The van der Waals surface area contributed by atoms with Crippen LogP contribution in [0, 0.1) is 12.9 Å². The number of alkyl halides is 2. The third-order valence-corrected chi connectivity index (χ3v) is 3.83. The standard InChI is InChI=1S/C13H9BrFN3O.CH2F2/c1-8-4-9(2-3-10(8)14)18-12-6-16-7-17(12)11(15)5-13(18)19;2-1-3/h2-7H,1H3;1H2. The fourth-order valence-corrected chi connectivity index (χ4v) is 2.24. The van der Waals surface area contributed by atoms with E-state index in [2.05, 4.69) is 20.9 Å². The van der Waals surface area contributed by atoms with E-state index in [1.165, 1.54) is 21.5 Å². The van der Waals surface area contributed by atoms with Crippen LogP contribution in [0.5, 0.6) is 0 Å². The highest BCUT2D eigenvalue weighted by atomic mass is 79.9. The third-order valence-electron chi connectivity index (χ3n) is 2.94. The van der Waals surface area contributed by atoms with Gasteiger partial charge in [-0.1, -0.05) is 15.9 Å². The van der Waals surface area contributed by atoms with Gasteiger partial charge in [-0.15, -0.1) is 0 Å². The van der Waals surface area contributed by atoms with Crippen LogP contribution in [0.15, 0.2) is 46.1 Å². The molecule has 1 aromatic carbocycles. The number of hydrogen-bond donors (Lipinski definition) is 0. The molecule has 2 aromatic heterocycles. The number of aromatic nitrogens is 3. The summed E-state index contributed by atoms with van der Waals surface area (Å²) in [5, 5.41) is 0. The van der Waals surface area contributed by atoms with E-state index in [-0.39, 0.29) is 0 Å². The number of rotatable bonds is 1. The van der Waals surface area contributed by atoms with Crippen molar-refractivity contribution in [3.8, 4) is 5.69 Å². The van der Waals surface area contributed by atoms with E-state index in [0.29, 0.717) is 11.3 Å². The van der Waals surface area contributed by atoms with Gasteiger partial charge in [0.2, 0.25) is 12.9 Å². The zero-order chi connectivity index (χ0) is 16.3. The highest BCUT2D eigenvalue weighted by molar-refractivity contribution is 9.10. The summed E-state index contributed by atoms with van der Waals surface area (Å²) in [4.78, 5) is 15.9. The topological polar surface area (TPSA) is 39.3 Å². The molecular weight excluding hydrogens is 363 g/mol. The minimum absolute atomic E-state index is 0.395. The van der Waals surface area contributed by atoms with Gasteiger partial charge in [0, 0.05) is 4.47 Å². The molecule has 3 rings (SSSR count). The van der Waals surface area contributed by atoms with Crippen molar-refractivity contribution in [1.29, 1.82) is 0 Å². The van der Waals surface area contributed by atoms with Crippen molar-refractivity contribution in [2.75, 3.05) is 6.93 Å². The number of benzene rings is 1. The van der Waals surface area contributed by atoms with Crippen molar-refractivity contribution in [3.05, 3.63) is 63.1 Å². The predicted octanol–water partition coefficient (Wildman–Crippen LogP) is 3.58. The van der Waals surface area contributed by atoms with Gasteiger partial charge < -0.3 is 0 Å². The molecule has 0 aliphatic heterocycles. The monoisotopic (exact) mass is 373 g/mol. The Bertz CT molecular complexity index is 860. The molecule has 22 heavy (non-hydrogen) atoms. The first kappa shape index (κ1) is 16.3. The Hall–Kier alpha value is -2.09. The van der Waals surface area contributed by atoms with Gasteiger partial charge in [0.25, 0.3) is 5.56 Å². The first-order valence-electron chi connectivity index (χ1n) is 6.11. The van der Waals surface area contributed by atoms with Gasteiger partial charge in [-0.25, -0.2) is 13.8 Å². The van der Waals surface area contributed by atoms with E-state index in [0.717, 1.165) is 16.1 Å². The van der Waals surface area contributed by atoms with E-state index >= 15 is 0 Å². The molecule has 0 atom stereocenters. The highest BCUT2D eigenvalue weighted by Gasteiger charge is 2.10. The first-order chi connectivity index (χ1) is 10.5. The summed E-state index contributed by atoms with van der Waals surface area (Å²) in [7, 11) is 0. The smallest absolute Gasteiger partial charge is 0.261 e. The van der Waals surface area contributed by atoms with Gasteiger partial charge in [-0.3, -0.25) is 13.8 Å². The van der Waals surface area contributed by atoms with Gasteiger partial charge >= 0.3 is 0 Å². The maximum atomic E-state index is 13.6. The Morgan fingerprint density at radius 1 is 1.27 bits per heavy atom. The molecule has 0 spiro atoms. The summed E-state index contributed by atoms with van der Waals surface area (Å²) in [5.41, 5.74) is 1.64. The van der Waals surface area contributed by atoms with Crippen LogP contribution in [0.25, 0.3) is 11.3 Å². The minimum Gasteiger partial charge on any atom is -0.269 e. The van der Waals surface area contributed by atoms with Gasteiger partial charge in [-0.2, -0.15) is 4.39 Å². The van der Waals surface area contributed by atoms with E-state index in [4.69, 9.17) is 0 Å². The number of imidazole rings is 1. The maximum Gasteiger partial charge on any atom is 0.261 e. The van der Waals surface area contributed by atoms with Crippen molar-refractivity contribution >= 4 is 21.6 Å². The van der Waals surface area contributed by atoms with Crippen molar-refractivity contribution in [1.82, 2.24) is 14.0 Å². The van der Waals surface area contributed by atoms with Gasteiger partial charge in [-0.05, 0) is 30.7 Å². The molecule has 0 aliphatic carbocycles. The number of halogens is 4. The second kappa shape index (κ2) is 6.78. The lowest BCUT2D eigenvalue weighted by atomic mass is 10.2. The lowest BCUT2D eigenvalue weighted by molar-refractivity contribution is 0.295. The summed E-state index contributed by atoms with van der Waals surface area (Å²) in [6.07, 6.45) is 2.80. The molecule has 3 aromatic rings. The summed E-state index contributed by atoms with van der Waals surface area (Å²) < 4.78 is 36.5. The molecule has 0 aliphatic rings. The van der Waals surface area contributed by atoms with Crippen LogP contribution in [-0.2, 0) is 0 Å². The number of fused-ring (bicyclic) bond motifs is 1. The summed E-state index contributed by atoms with van der Waals surface area (Å²) in [6, 6.07) is 6.46. The molecule has 116 valence electrons. The van der Waals surface area contributed by atoms with Crippen LogP contribution in [0.2, 0.25) is 0 Å². The second-order valence-corrected chi connectivity index (χ2v) is 5.15. The average Bonchev–Trinajstić information content (AvgIpc) is 2.93. The molecule has 0 N–H and O–H groups in total. The van der Waals surface area contributed by atoms with Crippen LogP contribution in [0.4, 0.5) is 13.2 Å². The molecule has 4 nitrogen and oxygen atoms in total. The molecule has 0 fully saturated rings. The zero-order valence-corrected chi connectivity index (χ0v) is 13.0. The third kappa shape index (κ3) is 3.06. The summed E-state index contributed by atoms with van der Waals surface area (Å²) in [5.74, 6) is -0.623. The maximum absolute atomic E-state index is 13.6. The molecule has 0 bridgehead atoms. The molecule has 0 saturated carbocycles. The molecule has 0 radical (unpaired) electrons. The number of aryl methyl sites for hydroxylation is 1. The molecule has 0 unspecified atom stereocenters. The fraction of sp³-hybridized carbons (Fsp3) is 0.143. The minimum atomic E-state index is -1.75. The van der Waals surface area contributed by atoms with Crippen LogP contribution >= 0.6 is 15.9 Å². The number of hydrogen-bond acceptors (Lipinski definition) is 2. The van der Waals surface area contributed by atoms with Crippen molar-refractivity contribution < 1.29 is 13.2 Å². The molecular formula is C14H11BrF3N3O. The van der Waals surface area contributed by atoms with Crippen LogP contribution in [0.1, 0.15) is 5.56 Å². The molecule has 0 amide bonds. The Morgan fingerprint density at radius 2 is 1.95 bits per heavy atom. The van der Waals surface area contributed by atoms with E-state index < -0.39 is 18.4 Å². The van der Waals surface area contributed by atoms with Crippen molar-refractivity contribution in [2.24, 2.45) is 0 Å². The molecule has 8 heteroatoms. The van der Waals surface area contributed by atoms with E-state index in [9.17, 15) is 18.0 Å². The normalized spacial score (nSPS) is 10.4. The number of nitrogens with zero attached hydrogens (tertiary/aromatic N) is 3. The highest BCUT2D eigenvalue weighted by Crippen LogP contribution is 2.20. The van der Waals surface area contributed by atoms with Gasteiger partial charge in [0.1, 0.15) is 12.0 Å². The van der Waals surface area contributed by atoms with Crippen molar-refractivity contribution in [2.45, 2.75) is 6.92 Å². The first-order valence-corrected chi connectivity index (χ1v) is 6.91. The summed E-state index contributed by atoms with van der Waals surface area (Å²) >= 11 is 3.41. The van der Waals surface area contributed by atoms with Crippen molar-refractivity contribution in [3.63, 3.8) is 0 Å². The zero-order valence-electron chi connectivity index (χ0n) is 11.4. The second-order valence-electron chi connectivity index (χ2n) is 4.30. The van der Waals surface area contributed by atoms with Crippen LogP contribution in [0.3, 0.4) is 0 Å². The molecule has 0 saturated heterocycles. The van der Waals surface area contributed by atoms with Gasteiger partial charge in [0.15, 0.2) is 0 Å². The predicted molar refractivity (Wildman–Crippen MR) is 80.3 cm³/mol. The Morgan fingerprint density at radius 3 is 2.59 bits per heavy atom. The molecule has 2 heterocycles.